The quantitative estimate of drug-likeness (QED) is 0.234. The summed E-state index contributed by atoms with van der Waals surface area (Å²) in [6.07, 6.45) is 4.95. The number of unbranched alkanes of at least 4 members (excludes halogenated alkanes) is 1. The molecule has 0 aromatic rings. The number of amides is 4. The summed E-state index contributed by atoms with van der Waals surface area (Å²) in [4.78, 5) is 35.9. The second-order valence-electron chi connectivity index (χ2n) is 7.94. The number of hydrazone groups is 1. The van der Waals surface area contributed by atoms with E-state index in [2.05, 4.69) is 21.2 Å². The van der Waals surface area contributed by atoms with Crippen LogP contribution in [0.1, 0.15) is 66.7 Å². The minimum absolute atomic E-state index is 0.205. The molecule has 0 heterocycles. The van der Waals surface area contributed by atoms with Gasteiger partial charge in [-0.25, -0.2) is 10.2 Å². The number of carbonyl (C=O) groups is 3. The molecule has 9 nitrogen and oxygen atoms in total. The van der Waals surface area contributed by atoms with Gasteiger partial charge in [0, 0.05) is 6.21 Å². The molecule has 3 atom stereocenters. The van der Waals surface area contributed by atoms with E-state index in [1.165, 1.54) is 6.21 Å². The van der Waals surface area contributed by atoms with Crippen LogP contribution in [0, 0.1) is 11.8 Å². The summed E-state index contributed by atoms with van der Waals surface area (Å²) in [6, 6.07) is -2.50. The van der Waals surface area contributed by atoms with Crippen LogP contribution in [-0.2, 0) is 9.59 Å². The first-order chi connectivity index (χ1) is 13.1. The van der Waals surface area contributed by atoms with Crippen LogP contribution in [-0.4, -0.2) is 42.2 Å². The van der Waals surface area contributed by atoms with Crippen LogP contribution in [0.3, 0.4) is 0 Å². The predicted octanol–water partition coefficient (Wildman–Crippen LogP) is 1.22. The van der Waals surface area contributed by atoms with Crippen LogP contribution in [0.4, 0.5) is 4.79 Å². The zero-order valence-electron chi connectivity index (χ0n) is 17.8. The van der Waals surface area contributed by atoms with Crippen LogP contribution in [0.25, 0.3) is 0 Å². The number of primary amides is 1. The zero-order valence-corrected chi connectivity index (χ0v) is 17.8. The van der Waals surface area contributed by atoms with Gasteiger partial charge in [0.25, 0.3) is 0 Å². The van der Waals surface area contributed by atoms with Gasteiger partial charge in [0.05, 0.1) is 12.1 Å². The maximum atomic E-state index is 12.8. The SMILES string of the molecule is CCCC[C@@H](/C=N/NC(N)=O)NC(=O)[C@H](CC(C)C)NC(=O)[C@@H](N)CC(C)C. The van der Waals surface area contributed by atoms with Crippen molar-refractivity contribution in [3.05, 3.63) is 0 Å². The Morgan fingerprint density at radius 3 is 2.11 bits per heavy atom. The molecule has 28 heavy (non-hydrogen) atoms. The van der Waals surface area contributed by atoms with Gasteiger partial charge in [0.15, 0.2) is 0 Å². The summed E-state index contributed by atoms with van der Waals surface area (Å²) >= 11 is 0. The van der Waals surface area contributed by atoms with E-state index in [4.69, 9.17) is 11.5 Å². The van der Waals surface area contributed by atoms with Crippen molar-refractivity contribution in [1.82, 2.24) is 16.1 Å². The smallest absolute Gasteiger partial charge is 0.332 e. The average molecular weight is 399 g/mol. The van der Waals surface area contributed by atoms with E-state index in [1.54, 1.807) is 0 Å². The molecule has 7 N–H and O–H groups in total. The van der Waals surface area contributed by atoms with E-state index >= 15 is 0 Å². The molecule has 0 rings (SSSR count). The first-order valence-corrected chi connectivity index (χ1v) is 10.0. The van der Waals surface area contributed by atoms with Gasteiger partial charge in [-0.15, -0.1) is 0 Å². The second kappa shape index (κ2) is 13.9. The fourth-order valence-corrected chi connectivity index (χ4v) is 2.68. The minimum atomic E-state index is -0.777. The lowest BCUT2D eigenvalue weighted by Crippen LogP contribution is -2.54. The normalized spacial score (nSPS) is 14.7. The highest BCUT2D eigenvalue weighted by atomic mass is 16.2. The third kappa shape index (κ3) is 12.3. The van der Waals surface area contributed by atoms with E-state index in [-0.39, 0.29) is 29.7 Å². The minimum Gasteiger partial charge on any atom is -0.350 e. The summed E-state index contributed by atoms with van der Waals surface area (Å²) in [6.45, 7) is 9.97. The van der Waals surface area contributed by atoms with Crippen LogP contribution in [0.5, 0.6) is 0 Å². The highest BCUT2D eigenvalue weighted by molar-refractivity contribution is 5.91. The highest BCUT2D eigenvalue weighted by Crippen LogP contribution is 2.08. The number of hydrogen-bond acceptors (Lipinski definition) is 5. The maximum Gasteiger partial charge on any atom is 0.332 e. The van der Waals surface area contributed by atoms with Gasteiger partial charge in [-0.3, -0.25) is 9.59 Å². The van der Waals surface area contributed by atoms with Crippen molar-refractivity contribution in [3.63, 3.8) is 0 Å². The van der Waals surface area contributed by atoms with Crippen molar-refractivity contribution < 1.29 is 14.4 Å². The van der Waals surface area contributed by atoms with Crippen LogP contribution >= 0.6 is 0 Å². The molecular weight excluding hydrogens is 360 g/mol. The first kappa shape index (κ1) is 25.8. The number of rotatable bonds is 13. The Morgan fingerprint density at radius 2 is 1.61 bits per heavy atom. The number of hydrogen-bond donors (Lipinski definition) is 5. The van der Waals surface area contributed by atoms with E-state index in [9.17, 15) is 14.4 Å². The Morgan fingerprint density at radius 1 is 1.00 bits per heavy atom. The van der Waals surface area contributed by atoms with Gasteiger partial charge in [-0.05, 0) is 31.1 Å². The first-order valence-electron chi connectivity index (χ1n) is 10.0. The Bertz CT molecular complexity index is 522. The fourth-order valence-electron chi connectivity index (χ4n) is 2.68. The number of nitrogens with two attached hydrogens (primary N) is 2. The van der Waals surface area contributed by atoms with Gasteiger partial charge in [-0.1, -0.05) is 47.5 Å². The maximum absolute atomic E-state index is 12.8. The largest absolute Gasteiger partial charge is 0.350 e. The molecule has 0 saturated carbocycles. The topological polar surface area (TPSA) is 152 Å². The Labute approximate surface area is 168 Å². The molecule has 0 aliphatic carbocycles. The Hall–Kier alpha value is -2.16. The van der Waals surface area contributed by atoms with Crippen molar-refractivity contribution in [3.8, 4) is 0 Å². The fraction of sp³-hybridized carbons (Fsp3) is 0.789. The second-order valence-corrected chi connectivity index (χ2v) is 7.94. The molecule has 0 aromatic heterocycles. The molecule has 0 aliphatic heterocycles. The molecule has 0 radical (unpaired) electrons. The van der Waals surface area contributed by atoms with E-state index in [1.807, 2.05) is 34.6 Å². The van der Waals surface area contributed by atoms with Crippen molar-refractivity contribution in [2.75, 3.05) is 0 Å². The molecule has 0 saturated heterocycles. The molecular formula is C19H38N6O3. The van der Waals surface area contributed by atoms with Gasteiger partial charge in [0.2, 0.25) is 11.8 Å². The molecule has 9 heteroatoms. The third-order valence-electron chi connectivity index (χ3n) is 4.03. The van der Waals surface area contributed by atoms with Crippen molar-refractivity contribution in [1.29, 1.82) is 0 Å². The summed E-state index contributed by atoms with van der Waals surface area (Å²) < 4.78 is 0. The lowest BCUT2D eigenvalue weighted by atomic mass is 10.00. The summed E-state index contributed by atoms with van der Waals surface area (Å²) in [5, 5.41) is 9.41. The number of carbonyl (C=O) groups excluding carboxylic acids is 3. The molecule has 162 valence electrons. The molecule has 0 aromatic carbocycles. The Balaban J connectivity index is 5.08. The molecule has 0 spiro atoms. The van der Waals surface area contributed by atoms with Crippen molar-refractivity contribution in [2.24, 2.45) is 28.4 Å². The summed E-state index contributed by atoms with van der Waals surface area (Å²) in [5.74, 6) is -0.142. The number of nitrogens with zero attached hydrogens (tertiary/aromatic N) is 1. The molecule has 0 bridgehead atoms. The van der Waals surface area contributed by atoms with Gasteiger partial charge in [-0.2, -0.15) is 5.10 Å². The predicted molar refractivity (Wildman–Crippen MR) is 111 cm³/mol. The highest BCUT2D eigenvalue weighted by Gasteiger charge is 2.26. The average Bonchev–Trinajstić information content (AvgIpc) is 2.57. The van der Waals surface area contributed by atoms with Crippen molar-refractivity contribution >= 4 is 24.1 Å². The number of nitrogens with one attached hydrogen (secondary N) is 3. The van der Waals surface area contributed by atoms with E-state index in [0.29, 0.717) is 19.3 Å². The molecule has 4 amide bonds. The van der Waals surface area contributed by atoms with Gasteiger partial charge < -0.3 is 22.1 Å². The van der Waals surface area contributed by atoms with E-state index < -0.39 is 18.1 Å². The molecule has 0 unspecified atom stereocenters. The van der Waals surface area contributed by atoms with Crippen molar-refractivity contribution in [2.45, 2.75) is 84.8 Å². The monoisotopic (exact) mass is 398 g/mol. The summed E-state index contributed by atoms with van der Waals surface area (Å²) in [5.41, 5.74) is 13.1. The van der Waals surface area contributed by atoms with Gasteiger partial charge in [0.1, 0.15) is 6.04 Å². The number of urea groups is 1. The lowest BCUT2D eigenvalue weighted by Gasteiger charge is -2.24. The van der Waals surface area contributed by atoms with Crippen LogP contribution in [0.2, 0.25) is 0 Å². The van der Waals surface area contributed by atoms with Crippen LogP contribution in [0.15, 0.2) is 5.10 Å². The lowest BCUT2D eigenvalue weighted by molar-refractivity contribution is -0.130. The van der Waals surface area contributed by atoms with Gasteiger partial charge >= 0.3 is 6.03 Å². The summed E-state index contributed by atoms with van der Waals surface area (Å²) in [7, 11) is 0. The standard InChI is InChI=1S/C19H38N6O3/c1-6-7-8-14(11-22-25-19(21)28)23-18(27)16(10-13(4)5)24-17(26)15(20)9-12(2)3/h11-16H,6-10,20H2,1-5H3,(H,23,27)(H,24,26)(H3,21,25,28)/b22-11+/t14-,15-,16-/m0/s1. The molecule has 0 fully saturated rings. The van der Waals surface area contributed by atoms with Crippen LogP contribution < -0.4 is 27.5 Å². The Kier molecular flexibility index (Phi) is 12.9. The van der Waals surface area contributed by atoms with E-state index in [0.717, 1.165) is 12.8 Å². The zero-order chi connectivity index (χ0) is 21.7. The molecule has 0 aliphatic rings. The third-order valence-corrected chi connectivity index (χ3v) is 4.03.